The minimum Gasteiger partial charge on any atom is -0.392 e. The molecule has 1 N–H and O–H groups in total. The molecule has 110 valence electrons. The quantitative estimate of drug-likeness (QED) is 0.943. The number of aliphatic hydroxyl groups is 1. The molecular formula is C17H19ClN2O. The molecule has 21 heavy (non-hydrogen) atoms. The van der Waals surface area contributed by atoms with Gasteiger partial charge in [0.15, 0.2) is 0 Å². The molecule has 4 heteroatoms. The molecule has 1 aliphatic rings. The van der Waals surface area contributed by atoms with Gasteiger partial charge in [0.2, 0.25) is 0 Å². The number of hydrogen-bond acceptors (Lipinski definition) is 3. The van der Waals surface area contributed by atoms with E-state index in [-0.39, 0.29) is 6.61 Å². The van der Waals surface area contributed by atoms with Gasteiger partial charge in [-0.25, -0.2) is 0 Å². The summed E-state index contributed by atoms with van der Waals surface area (Å²) in [5, 5.41) is 9.87. The van der Waals surface area contributed by atoms with E-state index < -0.39 is 0 Å². The molecule has 0 atom stereocenters. The molecule has 0 radical (unpaired) electrons. The summed E-state index contributed by atoms with van der Waals surface area (Å²) < 4.78 is 0. The van der Waals surface area contributed by atoms with E-state index in [4.69, 9.17) is 16.7 Å². The number of halogens is 1. The first kappa shape index (κ1) is 14.2. The lowest BCUT2D eigenvalue weighted by Gasteiger charge is -2.37. The van der Waals surface area contributed by atoms with Crippen LogP contribution in [0.5, 0.6) is 0 Å². The first-order valence-corrected chi connectivity index (χ1v) is 7.59. The number of nitrogens with zero attached hydrogens (tertiary/aromatic N) is 2. The fraction of sp³-hybridized carbons (Fsp3) is 0.294. The van der Waals surface area contributed by atoms with Gasteiger partial charge in [-0.2, -0.15) is 0 Å². The largest absolute Gasteiger partial charge is 0.392 e. The van der Waals surface area contributed by atoms with Crippen molar-refractivity contribution in [3.8, 4) is 0 Å². The van der Waals surface area contributed by atoms with Crippen molar-refractivity contribution in [2.24, 2.45) is 0 Å². The van der Waals surface area contributed by atoms with E-state index in [1.165, 1.54) is 11.4 Å². The van der Waals surface area contributed by atoms with Gasteiger partial charge in [-0.3, -0.25) is 0 Å². The first-order valence-electron chi connectivity index (χ1n) is 7.21. The fourth-order valence-corrected chi connectivity index (χ4v) is 2.81. The van der Waals surface area contributed by atoms with E-state index in [0.717, 1.165) is 36.8 Å². The topological polar surface area (TPSA) is 26.7 Å². The monoisotopic (exact) mass is 302 g/mol. The molecule has 0 aliphatic carbocycles. The molecule has 1 aliphatic heterocycles. The van der Waals surface area contributed by atoms with Crippen LogP contribution in [0.15, 0.2) is 48.5 Å². The van der Waals surface area contributed by atoms with Crippen molar-refractivity contribution in [1.82, 2.24) is 0 Å². The Morgan fingerprint density at radius 2 is 1.19 bits per heavy atom. The number of benzene rings is 2. The summed E-state index contributed by atoms with van der Waals surface area (Å²) in [6, 6.07) is 16.2. The number of anilines is 2. The van der Waals surface area contributed by atoms with Crippen LogP contribution in [-0.2, 0) is 6.61 Å². The molecule has 3 rings (SSSR count). The van der Waals surface area contributed by atoms with Crippen LogP contribution >= 0.6 is 11.6 Å². The van der Waals surface area contributed by atoms with Crippen LogP contribution in [0.2, 0.25) is 5.02 Å². The van der Waals surface area contributed by atoms with Gasteiger partial charge in [-0.05, 0) is 42.0 Å². The Morgan fingerprint density at radius 1 is 0.762 bits per heavy atom. The molecule has 3 nitrogen and oxygen atoms in total. The summed E-state index contributed by atoms with van der Waals surface area (Å²) in [7, 11) is 0. The summed E-state index contributed by atoms with van der Waals surface area (Å²) >= 11 is 5.93. The lowest BCUT2D eigenvalue weighted by Crippen LogP contribution is -2.46. The smallest absolute Gasteiger partial charge is 0.0681 e. The molecule has 1 fully saturated rings. The van der Waals surface area contributed by atoms with Crippen LogP contribution in [0.3, 0.4) is 0 Å². The third-order valence-electron chi connectivity index (χ3n) is 3.96. The van der Waals surface area contributed by atoms with Gasteiger partial charge in [0.25, 0.3) is 0 Å². The number of hydrogen-bond donors (Lipinski definition) is 1. The molecule has 0 saturated carbocycles. The Balaban J connectivity index is 1.62. The second-order valence-corrected chi connectivity index (χ2v) is 5.71. The number of piperazine rings is 1. The van der Waals surface area contributed by atoms with Gasteiger partial charge in [0.1, 0.15) is 0 Å². The minimum atomic E-state index is 0.102. The summed E-state index contributed by atoms with van der Waals surface area (Å²) in [6.45, 7) is 4.11. The maximum Gasteiger partial charge on any atom is 0.0681 e. The van der Waals surface area contributed by atoms with Crippen molar-refractivity contribution in [2.75, 3.05) is 36.0 Å². The highest BCUT2D eigenvalue weighted by Gasteiger charge is 2.17. The van der Waals surface area contributed by atoms with E-state index in [0.29, 0.717) is 0 Å². The second kappa shape index (κ2) is 6.37. The SMILES string of the molecule is OCc1ccc(N2CCN(c3ccc(Cl)cc3)CC2)cc1. The van der Waals surface area contributed by atoms with Crippen LogP contribution in [-0.4, -0.2) is 31.3 Å². The highest BCUT2D eigenvalue weighted by atomic mass is 35.5. The molecule has 0 bridgehead atoms. The van der Waals surface area contributed by atoms with Crippen LogP contribution in [0.4, 0.5) is 11.4 Å². The molecule has 0 unspecified atom stereocenters. The van der Waals surface area contributed by atoms with E-state index in [2.05, 4.69) is 34.1 Å². The number of aliphatic hydroxyl groups excluding tert-OH is 1. The molecule has 2 aromatic rings. The molecule has 1 saturated heterocycles. The predicted molar refractivity (Wildman–Crippen MR) is 88.2 cm³/mol. The second-order valence-electron chi connectivity index (χ2n) is 5.28. The Morgan fingerprint density at radius 3 is 1.62 bits per heavy atom. The van der Waals surface area contributed by atoms with E-state index >= 15 is 0 Å². The molecule has 1 heterocycles. The van der Waals surface area contributed by atoms with Crippen molar-refractivity contribution in [3.05, 3.63) is 59.1 Å². The van der Waals surface area contributed by atoms with Crippen LogP contribution in [0.1, 0.15) is 5.56 Å². The minimum absolute atomic E-state index is 0.102. The van der Waals surface area contributed by atoms with Crippen molar-refractivity contribution in [2.45, 2.75) is 6.61 Å². The zero-order valence-corrected chi connectivity index (χ0v) is 12.6. The van der Waals surface area contributed by atoms with Crippen LogP contribution in [0, 0.1) is 0 Å². The van der Waals surface area contributed by atoms with Crippen LogP contribution in [0.25, 0.3) is 0 Å². The van der Waals surface area contributed by atoms with Crippen LogP contribution < -0.4 is 9.80 Å². The van der Waals surface area contributed by atoms with E-state index in [1.54, 1.807) is 0 Å². The Labute approximate surface area is 130 Å². The third kappa shape index (κ3) is 3.31. The Bertz CT molecular complexity index is 575. The average molecular weight is 303 g/mol. The van der Waals surface area contributed by atoms with Crippen molar-refractivity contribution in [3.63, 3.8) is 0 Å². The van der Waals surface area contributed by atoms with Gasteiger partial charge in [-0.1, -0.05) is 23.7 Å². The maximum absolute atomic E-state index is 9.09. The first-order chi connectivity index (χ1) is 10.3. The zero-order valence-electron chi connectivity index (χ0n) is 11.9. The molecule has 0 aromatic heterocycles. The lowest BCUT2D eigenvalue weighted by molar-refractivity contribution is 0.282. The predicted octanol–water partition coefficient (Wildman–Crippen LogP) is 3.16. The zero-order chi connectivity index (χ0) is 14.7. The molecule has 0 amide bonds. The summed E-state index contributed by atoms with van der Waals surface area (Å²) in [5.41, 5.74) is 3.41. The summed E-state index contributed by atoms with van der Waals surface area (Å²) in [4.78, 5) is 4.77. The van der Waals surface area contributed by atoms with Crippen molar-refractivity contribution in [1.29, 1.82) is 0 Å². The fourth-order valence-electron chi connectivity index (χ4n) is 2.69. The Hall–Kier alpha value is -1.71. The van der Waals surface area contributed by atoms with Gasteiger partial charge in [0.05, 0.1) is 6.61 Å². The average Bonchev–Trinajstić information content (AvgIpc) is 2.56. The maximum atomic E-state index is 9.09. The van der Waals surface area contributed by atoms with Crippen molar-refractivity contribution >= 4 is 23.0 Å². The number of rotatable bonds is 3. The highest BCUT2D eigenvalue weighted by Crippen LogP contribution is 2.22. The summed E-state index contributed by atoms with van der Waals surface area (Å²) in [5.74, 6) is 0. The lowest BCUT2D eigenvalue weighted by atomic mass is 10.2. The molecule has 2 aromatic carbocycles. The van der Waals surface area contributed by atoms with Gasteiger partial charge < -0.3 is 14.9 Å². The molecular weight excluding hydrogens is 284 g/mol. The van der Waals surface area contributed by atoms with Gasteiger partial charge in [0, 0.05) is 42.6 Å². The normalized spacial score (nSPS) is 15.3. The third-order valence-corrected chi connectivity index (χ3v) is 4.21. The standard InChI is InChI=1S/C17H19ClN2O/c18-15-3-7-17(8-4-15)20-11-9-19(10-12-20)16-5-1-14(13-21)2-6-16/h1-8,21H,9-13H2. The van der Waals surface area contributed by atoms with Gasteiger partial charge in [-0.15, -0.1) is 0 Å². The molecule has 0 spiro atoms. The van der Waals surface area contributed by atoms with Crippen molar-refractivity contribution < 1.29 is 5.11 Å². The van der Waals surface area contributed by atoms with E-state index in [9.17, 15) is 0 Å². The van der Waals surface area contributed by atoms with Gasteiger partial charge >= 0.3 is 0 Å². The Kier molecular flexibility index (Phi) is 4.32. The summed E-state index contributed by atoms with van der Waals surface area (Å²) in [6.07, 6.45) is 0. The highest BCUT2D eigenvalue weighted by molar-refractivity contribution is 6.30. The van der Waals surface area contributed by atoms with E-state index in [1.807, 2.05) is 24.3 Å².